The third-order valence-electron chi connectivity index (χ3n) is 1.07. The lowest BCUT2D eigenvalue weighted by Gasteiger charge is -2.05. The molecule has 0 aliphatic rings. The van der Waals surface area contributed by atoms with Crippen LogP contribution in [0.2, 0.25) is 0 Å². The van der Waals surface area contributed by atoms with Gasteiger partial charge >= 0.3 is 0 Å². The van der Waals surface area contributed by atoms with Crippen LogP contribution in [0.5, 0.6) is 0 Å². The maximum absolute atomic E-state index is 3.85. The summed E-state index contributed by atoms with van der Waals surface area (Å²) in [6, 6.07) is 0. The molecule has 0 aliphatic carbocycles. The Morgan fingerprint density at radius 1 is 1.67 bits per heavy atom. The molecule has 9 heavy (non-hydrogen) atoms. The maximum atomic E-state index is 3.85. The highest BCUT2D eigenvalue weighted by Gasteiger charge is 1.82. The van der Waals surface area contributed by atoms with Crippen molar-refractivity contribution in [1.82, 2.24) is 0 Å². The minimum atomic E-state index is 0.885. The van der Waals surface area contributed by atoms with E-state index in [-0.39, 0.29) is 0 Å². The zero-order valence-electron chi connectivity index (χ0n) is 5.90. The fourth-order valence-corrected chi connectivity index (χ4v) is 0.594. The summed E-state index contributed by atoms with van der Waals surface area (Å²) in [5.74, 6) is 0. The molecule has 0 heteroatoms. The monoisotopic (exact) mass is 122 g/mol. The minimum absolute atomic E-state index is 0.885. The second-order valence-corrected chi connectivity index (χ2v) is 2.02. The van der Waals surface area contributed by atoms with Crippen molar-refractivity contribution in [3.63, 3.8) is 0 Å². The van der Waals surface area contributed by atoms with E-state index < -0.39 is 0 Å². The third kappa shape index (κ3) is 5.22. The molecular weight excluding hydrogens is 108 g/mol. The van der Waals surface area contributed by atoms with Crippen molar-refractivity contribution in [3.8, 4) is 0 Å². The number of unbranched alkanes of at least 4 members (excludes halogenated alkanes) is 1. The second kappa shape index (κ2) is 5.49. The van der Waals surface area contributed by atoms with Crippen molar-refractivity contribution in [3.05, 3.63) is 38.2 Å². The van der Waals surface area contributed by atoms with Gasteiger partial charge in [-0.15, -0.1) is 18.7 Å². The fraction of sp³-hybridized carbons (Fsp3) is 0.333. The second-order valence-electron chi connectivity index (χ2n) is 2.02. The van der Waals surface area contributed by atoms with Gasteiger partial charge in [-0.2, -0.15) is 6.42 Å². The van der Waals surface area contributed by atoms with E-state index in [1.807, 2.05) is 6.08 Å². The topological polar surface area (TPSA) is 0 Å². The third-order valence-corrected chi connectivity index (χ3v) is 1.07. The quantitative estimate of drug-likeness (QED) is 0.388. The Morgan fingerprint density at radius 3 is 2.78 bits per heavy atom. The smallest absolute Gasteiger partial charge is 0.0304 e. The number of hydrogen-bond acceptors (Lipinski definition) is 0. The van der Waals surface area contributed by atoms with Gasteiger partial charge in [0, 0.05) is 6.92 Å². The van der Waals surface area contributed by atoms with E-state index in [0.29, 0.717) is 0 Å². The van der Waals surface area contributed by atoms with Gasteiger partial charge in [0.05, 0.1) is 0 Å². The predicted octanol–water partition coefficient (Wildman–Crippen LogP) is 2.94. The van der Waals surface area contributed by atoms with Gasteiger partial charge in [-0.1, -0.05) is 6.08 Å². The minimum Gasteiger partial charge on any atom is -0.281 e. The van der Waals surface area contributed by atoms with Crippen molar-refractivity contribution in [2.24, 2.45) is 0 Å². The molecule has 0 heterocycles. The van der Waals surface area contributed by atoms with Gasteiger partial charge in [0.25, 0.3) is 0 Å². The van der Waals surface area contributed by atoms with Crippen LogP contribution in [0, 0.1) is 13.3 Å². The lowest BCUT2D eigenvalue weighted by molar-refractivity contribution is 1.00. The first-order valence-electron chi connectivity index (χ1n) is 3.19. The van der Waals surface area contributed by atoms with E-state index in [9.17, 15) is 0 Å². The molecule has 0 bridgehead atoms. The van der Waals surface area contributed by atoms with Crippen LogP contribution in [-0.2, 0) is 0 Å². The van der Waals surface area contributed by atoms with E-state index in [1.54, 1.807) is 0 Å². The summed E-state index contributed by atoms with van der Waals surface area (Å²) in [6.45, 7) is 11.2. The molecule has 0 atom stereocenters. The van der Waals surface area contributed by atoms with E-state index in [2.05, 4.69) is 26.5 Å². The van der Waals surface area contributed by atoms with E-state index in [1.165, 1.54) is 5.57 Å². The molecule has 0 N–H and O–H groups in total. The Labute approximate surface area is 58.3 Å². The van der Waals surface area contributed by atoms with Gasteiger partial charge in [0.1, 0.15) is 0 Å². The number of hydrogen-bond donors (Lipinski definition) is 0. The van der Waals surface area contributed by atoms with Gasteiger partial charge in [0.2, 0.25) is 0 Å². The molecule has 0 aromatic rings. The molecule has 50 valence electrons. The average molecular weight is 122 g/mol. The molecule has 0 aliphatic heterocycles. The van der Waals surface area contributed by atoms with Crippen LogP contribution in [0.15, 0.2) is 24.8 Å². The van der Waals surface area contributed by atoms with Crippen LogP contribution in [0.4, 0.5) is 0 Å². The molecule has 0 rings (SSSR count). The number of allylic oxidation sites excluding steroid dienone is 2. The van der Waals surface area contributed by atoms with Crippen LogP contribution < -0.4 is 0 Å². The Hall–Kier alpha value is -0.650. The molecule has 0 radical (unpaired) electrons. The molecule has 0 fully saturated rings. The van der Waals surface area contributed by atoms with Crippen molar-refractivity contribution in [2.45, 2.75) is 19.3 Å². The Bertz CT molecular complexity index is 90.2. The lowest BCUT2D eigenvalue weighted by Crippen LogP contribution is -1.79. The molecule has 0 saturated carbocycles. The highest BCUT2D eigenvalue weighted by atomic mass is 13.9. The highest BCUT2D eigenvalue weighted by molar-refractivity contribution is 5.03. The molecule has 0 unspecified atom stereocenters. The summed E-state index contributed by atoms with van der Waals surface area (Å²) in [7, 11) is 0. The summed E-state index contributed by atoms with van der Waals surface area (Å²) in [5.41, 5.74) is 1.22. The Kier molecular flexibility index (Phi) is 5.09. The van der Waals surface area contributed by atoms with Gasteiger partial charge < -0.3 is 0 Å². The number of rotatable bonds is 5. The SMILES string of the molecule is C=CCC(=C)C[CH-]C[CH2+]. The zero-order valence-corrected chi connectivity index (χ0v) is 5.90. The first-order chi connectivity index (χ1) is 4.31. The molecule has 0 amide bonds. The molecule has 0 aromatic carbocycles. The summed E-state index contributed by atoms with van der Waals surface area (Å²) in [6.07, 6.45) is 6.78. The summed E-state index contributed by atoms with van der Waals surface area (Å²) < 4.78 is 0. The summed E-state index contributed by atoms with van der Waals surface area (Å²) >= 11 is 0. The van der Waals surface area contributed by atoms with Crippen LogP contribution in [-0.4, -0.2) is 0 Å². The average Bonchev–Trinajstić information content (AvgIpc) is 1.85. The van der Waals surface area contributed by atoms with Gasteiger partial charge in [-0.05, 0) is 12.8 Å². The van der Waals surface area contributed by atoms with Crippen molar-refractivity contribution >= 4 is 0 Å². The van der Waals surface area contributed by atoms with Crippen molar-refractivity contribution in [1.29, 1.82) is 0 Å². The van der Waals surface area contributed by atoms with E-state index >= 15 is 0 Å². The van der Waals surface area contributed by atoms with Crippen LogP contribution in [0.25, 0.3) is 0 Å². The highest BCUT2D eigenvalue weighted by Crippen LogP contribution is 2.07. The van der Waals surface area contributed by atoms with Crippen LogP contribution >= 0.6 is 0 Å². The summed E-state index contributed by atoms with van der Waals surface area (Å²) in [4.78, 5) is 0. The zero-order chi connectivity index (χ0) is 7.11. The van der Waals surface area contributed by atoms with Crippen LogP contribution in [0.1, 0.15) is 19.3 Å². The molecule has 0 aromatic heterocycles. The molecular formula is C9H14. The van der Waals surface area contributed by atoms with Crippen molar-refractivity contribution < 1.29 is 0 Å². The Morgan fingerprint density at radius 2 is 2.33 bits per heavy atom. The fourth-order valence-electron chi connectivity index (χ4n) is 0.594. The standard InChI is InChI=1S/C9H14/c1-4-6-8-9(3)7-5-2/h5-6H,1-4,7-8H2. The van der Waals surface area contributed by atoms with E-state index in [0.717, 1.165) is 19.3 Å². The normalized spacial score (nSPS) is 8.89. The van der Waals surface area contributed by atoms with E-state index in [4.69, 9.17) is 0 Å². The van der Waals surface area contributed by atoms with Crippen molar-refractivity contribution in [2.75, 3.05) is 0 Å². The molecule has 0 nitrogen and oxygen atoms in total. The maximum Gasteiger partial charge on any atom is 0.0304 e. The Balaban J connectivity index is 3.16. The molecule has 0 spiro atoms. The van der Waals surface area contributed by atoms with Gasteiger partial charge in [-0.3, -0.25) is 6.42 Å². The molecule has 0 saturated heterocycles. The summed E-state index contributed by atoms with van der Waals surface area (Å²) in [5, 5.41) is 0. The lowest BCUT2D eigenvalue weighted by atomic mass is 10.1. The van der Waals surface area contributed by atoms with Gasteiger partial charge in [0.15, 0.2) is 0 Å². The predicted molar refractivity (Wildman–Crippen MR) is 42.8 cm³/mol. The first-order valence-corrected chi connectivity index (χ1v) is 3.19. The largest absolute Gasteiger partial charge is 0.281 e. The van der Waals surface area contributed by atoms with Crippen LogP contribution in [0.3, 0.4) is 0 Å². The van der Waals surface area contributed by atoms with Gasteiger partial charge in [-0.25, -0.2) is 0 Å². The first kappa shape index (κ1) is 8.35.